The van der Waals surface area contributed by atoms with Crippen molar-refractivity contribution >= 4 is 34.8 Å². The van der Waals surface area contributed by atoms with Crippen LogP contribution < -0.4 is 10.2 Å². The highest BCUT2D eigenvalue weighted by atomic mass is 35.5. The fourth-order valence-electron chi connectivity index (χ4n) is 4.82. The van der Waals surface area contributed by atoms with Crippen LogP contribution in [0.4, 0.5) is 11.4 Å². The van der Waals surface area contributed by atoms with Crippen LogP contribution in [0.5, 0.6) is 0 Å². The lowest BCUT2D eigenvalue weighted by Gasteiger charge is -2.39. The van der Waals surface area contributed by atoms with Crippen molar-refractivity contribution in [2.45, 2.75) is 26.7 Å². The second-order valence-corrected chi connectivity index (χ2v) is 9.59. The number of hydrogen-bond donors (Lipinski definition) is 1. The van der Waals surface area contributed by atoms with Gasteiger partial charge in [-0.25, -0.2) is 0 Å². The van der Waals surface area contributed by atoms with Gasteiger partial charge in [0.25, 0.3) is 0 Å². The van der Waals surface area contributed by atoms with Crippen molar-refractivity contribution < 1.29 is 9.59 Å². The maximum atomic E-state index is 13.1. The van der Waals surface area contributed by atoms with E-state index >= 15 is 0 Å². The van der Waals surface area contributed by atoms with Gasteiger partial charge in [-0.3, -0.25) is 14.5 Å². The van der Waals surface area contributed by atoms with E-state index in [1.54, 1.807) is 0 Å². The van der Waals surface area contributed by atoms with Gasteiger partial charge in [0.2, 0.25) is 11.8 Å². The number of likely N-dealkylation sites (tertiary alicyclic amines) is 1. The van der Waals surface area contributed by atoms with E-state index in [2.05, 4.69) is 21.2 Å². The van der Waals surface area contributed by atoms with Crippen molar-refractivity contribution in [1.29, 1.82) is 0 Å². The van der Waals surface area contributed by atoms with Crippen molar-refractivity contribution in [1.82, 2.24) is 9.80 Å². The molecule has 0 aromatic heterocycles. The average molecular weight is 469 g/mol. The van der Waals surface area contributed by atoms with E-state index in [-0.39, 0.29) is 17.7 Å². The monoisotopic (exact) mass is 468 g/mol. The van der Waals surface area contributed by atoms with Crippen LogP contribution in [0.1, 0.15) is 24.0 Å². The highest BCUT2D eigenvalue weighted by Gasteiger charge is 2.31. The number of nitrogens with zero attached hydrogens (tertiary/aromatic N) is 3. The van der Waals surface area contributed by atoms with Crippen LogP contribution in [-0.2, 0) is 9.59 Å². The van der Waals surface area contributed by atoms with Gasteiger partial charge in [-0.05, 0) is 63.5 Å². The number of piperazine rings is 1. The Kier molecular flexibility index (Phi) is 7.56. The highest BCUT2D eigenvalue weighted by Crippen LogP contribution is 2.27. The molecular formula is C26H33ClN4O2. The Morgan fingerprint density at radius 3 is 2.33 bits per heavy atom. The summed E-state index contributed by atoms with van der Waals surface area (Å²) in [6, 6.07) is 13.9. The molecule has 1 N–H and O–H groups in total. The Bertz CT molecular complexity index is 996. The number of carbonyl (C=O) groups is 2. The molecule has 2 saturated heterocycles. The first-order chi connectivity index (χ1) is 15.9. The minimum Gasteiger partial charge on any atom is -0.367 e. The highest BCUT2D eigenvalue weighted by molar-refractivity contribution is 6.33. The third-order valence-electron chi connectivity index (χ3n) is 6.74. The zero-order chi connectivity index (χ0) is 23.4. The van der Waals surface area contributed by atoms with Crippen LogP contribution in [0, 0.1) is 19.8 Å². The molecule has 0 bridgehead atoms. The number of carbonyl (C=O) groups excluding carboxylic acids is 2. The number of aryl methyl sites for hydroxylation is 2. The molecule has 2 aromatic rings. The lowest BCUT2D eigenvalue weighted by molar-refractivity contribution is -0.137. The van der Waals surface area contributed by atoms with Gasteiger partial charge in [0.15, 0.2) is 0 Å². The maximum absolute atomic E-state index is 13.1. The summed E-state index contributed by atoms with van der Waals surface area (Å²) in [7, 11) is 0. The Balaban J connectivity index is 1.21. The van der Waals surface area contributed by atoms with E-state index in [4.69, 9.17) is 11.6 Å². The topological polar surface area (TPSA) is 55.9 Å². The molecule has 176 valence electrons. The summed E-state index contributed by atoms with van der Waals surface area (Å²) in [5, 5.41) is 3.78. The van der Waals surface area contributed by atoms with Gasteiger partial charge in [-0.1, -0.05) is 41.4 Å². The first-order valence-corrected chi connectivity index (χ1v) is 12.2. The molecule has 4 rings (SSSR count). The summed E-state index contributed by atoms with van der Waals surface area (Å²) >= 11 is 6.33. The fourth-order valence-corrected chi connectivity index (χ4v) is 5.07. The summed E-state index contributed by atoms with van der Waals surface area (Å²) in [6.07, 6.45) is 1.61. The largest absolute Gasteiger partial charge is 0.367 e. The predicted molar refractivity (Wildman–Crippen MR) is 134 cm³/mol. The zero-order valence-corrected chi connectivity index (χ0v) is 20.3. The van der Waals surface area contributed by atoms with Crippen LogP contribution in [0.25, 0.3) is 0 Å². The first kappa shape index (κ1) is 23.6. The molecule has 0 saturated carbocycles. The van der Waals surface area contributed by atoms with Gasteiger partial charge in [-0.2, -0.15) is 0 Å². The second-order valence-electron chi connectivity index (χ2n) is 9.18. The fraction of sp³-hybridized carbons (Fsp3) is 0.462. The number of anilines is 2. The van der Waals surface area contributed by atoms with E-state index < -0.39 is 0 Å². The molecule has 0 spiro atoms. The minimum absolute atomic E-state index is 0.00224. The van der Waals surface area contributed by atoms with Crippen LogP contribution in [-0.4, -0.2) is 67.4 Å². The SMILES string of the molecule is Cc1ccc(NC(=O)CN2CCC(C(=O)N3CCN(c4ccccc4Cl)CC3)CC2)c(C)c1. The Morgan fingerprint density at radius 1 is 0.970 bits per heavy atom. The molecule has 2 aromatic carbocycles. The van der Waals surface area contributed by atoms with Gasteiger partial charge < -0.3 is 15.1 Å². The summed E-state index contributed by atoms with van der Waals surface area (Å²) in [5.74, 6) is 0.311. The number of hydrogen-bond acceptors (Lipinski definition) is 4. The number of piperidine rings is 1. The van der Waals surface area contributed by atoms with Crippen LogP contribution in [0.15, 0.2) is 42.5 Å². The molecule has 2 aliphatic heterocycles. The third kappa shape index (κ3) is 5.87. The van der Waals surface area contributed by atoms with E-state index in [1.807, 2.05) is 55.1 Å². The number of nitrogens with one attached hydrogen (secondary N) is 1. The van der Waals surface area contributed by atoms with Crippen molar-refractivity contribution in [3.63, 3.8) is 0 Å². The minimum atomic E-state index is 0.00224. The standard InChI is InChI=1S/C26H33ClN4O2/c1-19-7-8-23(20(2)17-19)28-25(32)18-29-11-9-21(10-12-29)26(33)31-15-13-30(14-16-31)24-6-4-3-5-22(24)27/h3-8,17,21H,9-16,18H2,1-2H3,(H,28,32). The summed E-state index contributed by atoms with van der Waals surface area (Å²) < 4.78 is 0. The van der Waals surface area contributed by atoms with E-state index in [1.165, 1.54) is 5.56 Å². The number of benzene rings is 2. The van der Waals surface area contributed by atoms with Gasteiger partial charge in [0, 0.05) is 37.8 Å². The van der Waals surface area contributed by atoms with Crippen molar-refractivity contribution in [3.05, 3.63) is 58.6 Å². The van der Waals surface area contributed by atoms with Crippen LogP contribution >= 0.6 is 11.6 Å². The van der Waals surface area contributed by atoms with Crippen molar-refractivity contribution in [2.75, 3.05) is 56.0 Å². The lowest BCUT2D eigenvalue weighted by Crippen LogP contribution is -2.52. The Morgan fingerprint density at radius 2 is 1.67 bits per heavy atom. The van der Waals surface area contributed by atoms with Gasteiger partial charge in [0.05, 0.1) is 17.3 Å². The molecule has 2 amide bonds. The molecule has 7 heteroatoms. The number of para-hydroxylation sites is 1. The summed E-state index contributed by atoms with van der Waals surface area (Å²) in [6.45, 7) is 9.01. The molecule has 33 heavy (non-hydrogen) atoms. The Hall–Kier alpha value is -2.57. The van der Waals surface area contributed by atoms with Crippen LogP contribution in [0.3, 0.4) is 0 Å². The molecule has 2 heterocycles. The molecule has 0 aliphatic carbocycles. The first-order valence-electron chi connectivity index (χ1n) is 11.8. The van der Waals surface area contributed by atoms with E-state index in [9.17, 15) is 9.59 Å². The molecule has 0 atom stereocenters. The Labute approximate surface area is 201 Å². The molecule has 2 fully saturated rings. The van der Waals surface area contributed by atoms with Gasteiger partial charge in [0.1, 0.15) is 0 Å². The molecule has 0 unspecified atom stereocenters. The molecule has 6 nitrogen and oxygen atoms in total. The quantitative estimate of drug-likeness (QED) is 0.721. The molecular weight excluding hydrogens is 436 g/mol. The smallest absolute Gasteiger partial charge is 0.238 e. The summed E-state index contributed by atoms with van der Waals surface area (Å²) in [5.41, 5.74) is 4.16. The lowest BCUT2D eigenvalue weighted by atomic mass is 9.95. The maximum Gasteiger partial charge on any atom is 0.238 e. The second kappa shape index (κ2) is 10.6. The number of rotatable bonds is 5. The van der Waals surface area contributed by atoms with Crippen molar-refractivity contribution in [3.8, 4) is 0 Å². The van der Waals surface area contributed by atoms with Crippen LogP contribution in [0.2, 0.25) is 5.02 Å². The molecule has 2 aliphatic rings. The van der Waals surface area contributed by atoms with E-state index in [0.717, 1.165) is 74.1 Å². The average Bonchev–Trinajstić information content (AvgIpc) is 2.81. The molecule has 0 radical (unpaired) electrons. The zero-order valence-electron chi connectivity index (χ0n) is 19.5. The van der Waals surface area contributed by atoms with E-state index in [0.29, 0.717) is 6.54 Å². The third-order valence-corrected chi connectivity index (χ3v) is 7.06. The number of amides is 2. The predicted octanol–water partition coefficient (Wildman–Crippen LogP) is 3.96. The normalized spacial score (nSPS) is 17.8. The van der Waals surface area contributed by atoms with Gasteiger partial charge in [-0.15, -0.1) is 0 Å². The summed E-state index contributed by atoms with van der Waals surface area (Å²) in [4.78, 5) is 32.0. The number of halogens is 1. The van der Waals surface area contributed by atoms with Crippen molar-refractivity contribution in [2.24, 2.45) is 5.92 Å². The van der Waals surface area contributed by atoms with Gasteiger partial charge >= 0.3 is 0 Å².